The number of aryl methyl sites for hydroxylation is 2. The molecule has 1 spiro atoms. The van der Waals surface area contributed by atoms with Crippen LogP contribution in [0.3, 0.4) is 0 Å². The minimum absolute atomic E-state index is 0. The average molecular weight is 1190 g/mol. The van der Waals surface area contributed by atoms with E-state index in [1.54, 1.807) is 0 Å². The molecule has 1 saturated heterocycles. The van der Waals surface area contributed by atoms with Crippen molar-refractivity contribution in [1.29, 1.82) is 0 Å². The molecule has 2 atom stereocenters. The van der Waals surface area contributed by atoms with Crippen molar-refractivity contribution < 1.29 is 36.8 Å². The fourth-order valence-corrected chi connectivity index (χ4v) is 19.6. The van der Waals surface area contributed by atoms with Crippen LogP contribution in [0.1, 0.15) is 133 Å². The average Bonchev–Trinajstić information content (AvgIpc) is 1.59. The predicted octanol–water partition coefficient (Wildman–Crippen LogP) is 18.5. The number of hydrogen-bond donors (Lipinski definition) is 0. The highest BCUT2D eigenvalue weighted by molar-refractivity contribution is 7.79. The van der Waals surface area contributed by atoms with Crippen LogP contribution in [0.2, 0.25) is 0 Å². The van der Waals surface area contributed by atoms with Crippen LogP contribution in [-0.2, 0) is 22.7 Å². The van der Waals surface area contributed by atoms with E-state index < -0.39 is 20.1 Å². The van der Waals surface area contributed by atoms with Gasteiger partial charge in [-0.05, 0) is 111 Å². The Bertz CT molecular complexity index is 3250. The van der Waals surface area contributed by atoms with Crippen molar-refractivity contribution in [2.24, 2.45) is 0 Å². The van der Waals surface area contributed by atoms with Crippen LogP contribution in [0.25, 0.3) is 0 Å². The lowest BCUT2D eigenvalue weighted by Gasteiger charge is -2.30. The molecule has 3 aliphatic heterocycles. The molecule has 10 heteroatoms. The Balaban J connectivity index is 0.00000247. The molecule has 2 fully saturated rings. The summed E-state index contributed by atoms with van der Waals surface area (Å²) in [6.07, 6.45) is 10.1. The molecule has 12 rings (SSSR count). The Morgan fingerprint density at radius 1 is 0.424 bits per heavy atom. The van der Waals surface area contributed by atoms with E-state index in [1.807, 2.05) is 0 Å². The van der Waals surface area contributed by atoms with Gasteiger partial charge in [0, 0.05) is 69.5 Å². The normalized spacial score (nSPS) is 16.2. The fraction of sp³-hybridized carbons (Fsp3) is 0.333. The van der Waals surface area contributed by atoms with Gasteiger partial charge in [0.2, 0.25) is 23.5 Å². The minimum atomic E-state index is -2.37. The molecule has 456 valence electrons. The van der Waals surface area contributed by atoms with E-state index >= 15 is 0 Å². The Kier molecular flexibility index (Phi) is 27.5. The molecule has 8 nitrogen and oxygen atoms in total. The molecule has 85 heavy (non-hydrogen) atoms. The van der Waals surface area contributed by atoms with Gasteiger partial charge in [0.25, 0.3) is 0 Å². The predicted molar refractivity (Wildman–Crippen MR) is 373 cm³/mol. The van der Waals surface area contributed by atoms with Crippen molar-refractivity contribution in [3.63, 3.8) is 0 Å². The van der Waals surface area contributed by atoms with E-state index in [9.17, 15) is 0 Å². The van der Waals surface area contributed by atoms with Gasteiger partial charge in [-0.25, -0.2) is 8.66 Å². The second-order valence-electron chi connectivity index (χ2n) is 20.5. The third-order valence-electron chi connectivity index (χ3n) is 15.9. The van der Waals surface area contributed by atoms with Gasteiger partial charge in [0.15, 0.2) is 38.0 Å². The fourth-order valence-electron chi connectivity index (χ4n) is 12.3. The van der Waals surface area contributed by atoms with E-state index in [-0.39, 0.29) is 86.4 Å². The zero-order valence-corrected chi connectivity index (χ0v) is 45.2. The Morgan fingerprint density at radius 2 is 0.706 bits per heavy atom. The first-order valence-electron chi connectivity index (χ1n) is 26.4. The number of ether oxygens (including phenoxy) is 4. The zero-order valence-electron chi connectivity index (χ0n) is 43.4. The monoisotopic (exact) mass is 1190 g/mol. The first kappa shape index (κ1) is 74.2. The van der Waals surface area contributed by atoms with Gasteiger partial charge >= 0.3 is 6.03 Å². The van der Waals surface area contributed by atoms with E-state index in [0.29, 0.717) is 25.9 Å². The maximum absolute atomic E-state index is 7.63. The van der Waals surface area contributed by atoms with E-state index in [4.69, 9.17) is 18.9 Å². The van der Waals surface area contributed by atoms with E-state index in [0.717, 1.165) is 81.9 Å². The first-order chi connectivity index (χ1) is 36.8. The summed E-state index contributed by atoms with van der Waals surface area (Å²) >= 11 is 0. The summed E-state index contributed by atoms with van der Waals surface area (Å²) in [5, 5.41) is 5.03. The molecule has 0 N–H and O–H groups in total. The molecule has 8 aromatic rings. The molecule has 0 aromatic heterocycles. The van der Waals surface area contributed by atoms with Gasteiger partial charge in [-0.3, -0.25) is 0 Å². The lowest BCUT2D eigenvalue weighted by atomic mass is 9.91. The molecule has 1 aliphatic carbocycles. The molecular formula is C75H106N4O4P2+4. The number of hydrogen-bond acceptors (Lipinski definition) is 4. The summed E-state index contributed by atoms with van der Waals surface area (Å²) in [5.41, 5.74) is 8.70. The van der Waals surface area contributed by atoms with Gasteiger partial charge in [0.1, 0.15) is 26.8 Å². The summed E-state index contributed by atoms with van der Waals surface area (Å²) in [6.45, 7) is 5.06. The lowest BCUT2D eigenvalue weighted by Crippen LogP contribution is -2.60. The summed E-state index contributed by atoms with van der Waals surface area (Å²) in [7, 11) is -0.289. The number of nitrogens with zero attached hydrogens (tertiary/aromatic N) is 4. The number of para-hydroxylation sites is 2. The Hall–Kier alpha value is -6.92. The van der Waals surface area contributed by atoms with E-state index in [1.165, 1.54) is 21.2 Å². The maximum atomic E-state index is 7.63. The second-order valence-corrected chi connectivity index (χ2v) is 27.3. The molecular weight excluding hydrogens is 1080 g/mol. The highest BCUT2D eigenvalue weighted by Gasteiger charge is 2.76. The van der Waals surface area contributed by atoms with Crippen LogP contribution >= 0.6 is 14.1 Å². The number of benzene rings is 8. The number of fused-ring (bicyclic) bond motifs is 5. The molecule has 4 aliphatic rings. The lowest BCUT2D eigenvalue weighted by molar-refractivity contribution is -0.866. The minimum Gasteiger partial charge on any atom is -0.366 e. The largest absolute Gasteiger partial charge is 0.704 e. The van der Waals surface area contributed by atoms with Gasteiger partial charge in [-0.2, -0.15) is 0 Å². The van der Waals surface area contributed by atoms with Crippen molar-refractivity contribution in [3.8, 4) is 11.5 Å². The van der Waals surface area contributed by atoms with Crippen LogP contribution in [0.5, 0.6) is 11.5 Å². The van der Waals surface area contributed by atoms with E-state index in [2.05, 4.69) is 264 Å². The van der Waals surface area contributed by atoms with Crippen molar-refractivity contribution in [2.75, 3.05) is 26.8 Å². The summed E-state index contributed by atoms with van der Waals surface area (Å²) in [6, 6.07) is 73.3. The van der Waals surface area contributed by atoms with Crippen molar-refractivity contribution in [3.05, 3.63) is 240 Å². The molecule has 0 amide bonds. The smallest absolute Gasteiger partial charge is 0.366 e. The van der Waals surface area contributed by atoms with Gasteiger partial charge < -0.3 is 18.9 Å². The summed E-state index contributed by atoms with van der Waals surface area (Å²) in [4.78, 5) is 0. The van der Waals surface area contributed by atoms with Crippen LogP contribution < -0.4 is 30.7 Å². The molecule has 1 saturated carbocycles. The van der Waals surface area contributed by atoms with Gasteiger partial charge in [-0.1, -0.05) is 193 Å². The van der Waals surface area contributed by atoms with Gasteiger partial charge in [0.05, 0.1) is 24.3 Å². The SMILES string of the molecule is C.C.C.C.C.C.C.C.C.C.Cc1cc2c(c(COCP(c3ccccc3)(c3ccccc3)=[N+](C)c3ccccc3)c1)OC13Oc4c(cc(C)cc4COCP(c4ccccc4)(c4ccccc4)=[N+](C)c4ccccc4)C=[N+]1C1CCCCC1[N+]3=C2. The highest BCUT2D eigenvalue weighted by atomic mass is 31.2. The molecule has 0 radical (unpaired) electrons. The van der Waals surface area contributed by atoms with Crippen LogP contribution in [-0.4, -0.2) is 75.1 Å². The Labute approximate surface area is 516 Å². The number of rotatable bonds is 14. The van der Waals surface area contributed by atoms with Gasteiger partial charge in [-0.15, -0.1) is 0 Å². The maximum Gasteiger partial charge on any atom is 0.704 e. The quantitative estimate of drug-likeness (QED) is 0.0804. The Morgan fingerprint density at radius 3 is 1.00 bits per heavy atom. The van der Waals surface area contributed by atoms with Crippen molar-refractivity contribution in [2.45, 2.75) is 145 Å². The summed E-state index contributed by atoms with van der Waals surface area (Å²) < 4.78 is 39.4. The third-order valence-corrected chi connectivity index (χ3v) is 24.1. The highest BCUT2D eigenvalue weighted by Crippen LogP contribution is 2.52. The third kappa shape index (κ3) is 13.4. The standard InChI is InChI=1S/C65H66N4O4P2.10CH4/c1-49-39-51-43-68-61-37-23-24-38-62(61)69-44-52-40-50(2)42-54(46-71-48-75(59-33-19-9-20-34-59,60-35-21-10-22-36-60)67(4)56-27-13-6-14-28-56)64(52)73-65(68,69)72-63(51)53(41-49)45-70-47-74(57-29-15-7-16-30-57,58-31-17-8-18-32-58)66(3)55-25-11-5-12-26-55;;;;;;;;;;/h5-22,25-36,39-44,61-62H,23-24,37-38,45-48H2,1-4H3;10*1H4/q+4;;;;;;;;;;. The first-order valence-corrected chi connectivity index (χ1v) is 30.3. The van der Waals surface area contributed by atoms with Crippen LogP contribution in [0.4, 0.5) is 11.4 Å². The van der Waals surface area contributed by atoms with Crippen LogP contribution in [0, 0.1) is 13.8 Å². The summed E-state index contributed by atoms with van der Waals surface area (Å²) in [5.74, 6) is 1.59. The van der Waals surface area contributed by atoms with Crippen molar-refractivity contribution in [1.82, 2.24) is 0 Å². The molecule has 3 heterocycles. The molecule has 8 aromatic carbocycles. The topological polar surface area (TPSA) is 49.0 Å². The molecule has 0 bridgehead atoms. The zero-order chi connectivity index (χ0) is 51.0. The van der Waals surface area contributed by atoms with Crippen molar-refractivity contribution >= 4 is 59.1 Å². The molecule has 2 unspecified atom stereocenters. The second kappa shape index (κ2) is 31.5. The van der Waals surface area contributed by atoms with Crippen LogP contribution in [0.15, 0.2) is 206 Å².